The van der Waals surface area contributed by atoms with Gasteiger partial charge in [0.15, 0.2) is 11.6 Å². The van der Waals surface area contributed by atoms with Gasteiger partial charge in [0.1, 0.15) is 6.04 Å². The molecule has 0 radical (unpaired) electrons. The van der Waals surface area contributed by atoms with Gasteiger partial charge in [-0.25, -0.2) is 4.39 Å². The number of carbonyl (C=O) groups is 2. The SMILES string of the molecule is COc1cc(C(NC(=O)CC(C)c2ccccc2)C(=O)NCc2ccc(Cl)cc2)ccc1F. The molecule has 3 aromatic rings. The third kappa shape index (κ3) is 6.80. The van der Waals surface area contributed by atoms with Crippen molar-refractivity contribution in [3.8, 4) is 5.75 Å². The first-order valence-electron chi connectivity index (χ1n) is 10.6. The van der Waals surface area contributed by atoms with E-state index in [1.807, 2.05) is 37.3 Å². The third-order valence-electron chi connectivity index (χ3n) is 5.32. The molecule has 33 heavy (non-hydrogen) atoms. The normalized spacial score (nSPS) is 12.5. The van der Waals surface area contributed by atoms with Gasteiger partial charge in [-0.05, 0) is 46.9 Å². The van der Waals surface area contributed by atoms with Gasteiger partial charge in [-0.1, -0.05) is 67.1 Å². The minimum atomic E-state index is -1.01. The van der Waals surface area contributed by atoms with Crippen molar-refractivity contribution in [3.63, 3.8) is 0 Å². The van der Waals surface area contributed by atoms with E-state index in [4.69, 9.17) is 16.3 Å². The lowest BCUT2D eigenvalue weighted by atomic mass is 9.97. The highest BCUT2D eigenvalue weighted by Gasteiger charge is 2.25. The highest BCUT2D eigenvalue weighted by Crippen LogP contribution is 2.24. The molecule has 2 amide bonds. The molecular formula is C26H26ClFN2O3. The molecule has 7 heteroatoms. The lowest BCUT2D eigenvalue weighted by molar-refractivity contribution is -0.129. The molecule has 0 saturated heterocycles. The lowest BCUT2D eigenvalue weighted by Crippen LogP contribution is -2.40. The van der Waals surface area contributed by atoms with Crippen LogP contribution in [-0.2, 0) is 16.1 Å². The van der Waals surface area contributed by atoms with Crippen molar-refractivity contribution < 1.29 is 18.7 Å². The van der Waals surface area contributed by atoms with Crippen LogP contribution in [0.4, 0.5) is 4.39 Å². The molecule has 0 saturated carbocycles. The topological polar surface area (TPSA) is 67.4 Å². The fourth-order valence-electron chi connectivity index (χ4n) is 3.45. The van der Waals surface area contributed by atoms with Crippen molar-refractivity contribution in [1.29, 1.82) is 0 Å². The second-order valence-electron chi connectivity index (χ2n) is 7.75. The van der Waals surface area contributed by atoms with E-state index in [2.05, 4.69) is 10.6 Å². The molecule has 0 aliphatic carbocycles. The van der Waals surface area contributed by atoms with E-state index in [1.54, 1.807) is 24.3 Å². The molecule has 172 valence electrons. The second kappa shape index (κ2) is 11.5. The van der Waals surface area contributed by atoms with Crippen LogP contribution in [-0.4, -0.2) is 18.9 Å². The van der Waals surface area contributed by atoms with Gasteiger partial charge in [-0.2, -0.15) is 0 Å². The average Bonchev–Trinajstić information content (AvgIpc) is 2.83. The van der Waals surface area contributed by atoms with Crippen molar-refractivity contribution in [3.05, 3.63) is 100 Å². The van der Waals surface area contributed by atoms with Crippen LogP contribution in [0.2, 0.25) is 5.02 Å². The zero-order valence-corrected chi connectivity index (χ0v) is 19.2. The minimum absolute atomic E-state index is 0.00472. The molecular weight excluding hydrogens is 443 g/mol. The minimum Gasteiger partial charge on any atom is -0.494 e. The summed E-state index contributed by atoms with van der Waals surface area (Å²) in [7, 11) is 1.35. The van der Waals surface area contributed by atoms with Gasteiger partial charge in [0.05, 0.1) is 7.11 Å². The number of nitrogens with one attached hydrogen (secondary N) is 2. The summed E-state index contributed by atoms with van der Waals surface area (Å²) in [4.78, 5) is 25.9. The Hall–Kier alpha value is -3.38. The predicted molar refractivity (Wildman–Crippen MR) is 127 cm³/mol. The number of rotatable bonds is 9. The van der Waals surface area contributed by atoms with Gasteiger partial charge >= 0.3 is 0 Å². The van der Waals surface area contributed by atoms with Gasteiger partial charge in [-0.3, -0.25) is 9.59 Å². The molecule has 2 N–H and O–H groups in total. The van der Waals surface area contributed by atoms with E-state index in [0.29, 0.717) is 10.6 Å². The van der Waals surface area contributed by atoms with Crippen molar-refractivity contribution in [1.82, 2.24) is 10.6 Å². The summed E-state index contributed by atoms with van der Waals surface area (Å²) in [6.45, 7) is 2.20. The largest absolute Gasteiger partial charge is 0.494 e. The van der Waals surface area contributed by atoms with Crippen LogP contribution in [0.1, 0.15) is 42.0 Å². The van der Waals surface area contributed by atoms with E-state index >= 15 is 0 Å². The maximum Gasteiger partial charge on any atom is 0.247 e. The highest BCUT2D eigenvalue weighted by atomic mass is 35.5. The quantitative estimate of drug-likeness (QED) is 0.456. The van der Waals surface area contributed by atoms with Crippen LogP contribution in [0.3, 0.4) is 0 Å². The molecule has 0 spiro atoms. The Morgan fingerprint density at radius 2 is 1.70 bits per heavy atom. The van der Waals surface area contributed by atoms with Gasteiger partial charge in [0, 0.05) is 18.0 Å². The summed E-state index contributed by atoms with van der Waals surface area (Å²) in [5.41, 5.74) is 2.30. The number of hydrogen-bond donors (Lipinski definition) is 2. The molecule has 3 rings (SSSR count). The Morgan fingerprint density at radius 3 is 2.36 bits per heavy atom. The molecule has 0 aliphatic heterocycles. The molecule has 0 bridgehead atoms. The predicted octanol–water partition coefficient (Wildman–Crippen LogP) is 5.16. The Kier molecular flexibility index (Phi) is 8.44. The zero-order valence-electron chi connectivity index (χ0n) is 18.5. The Morgan fingerprint density at radius 1 is 1.00 bits per heavy atom. The number of hydrogen-bond acceptors (Lipinski definition) is 3. The fraction of sp³-hybridized carbons (Fsp3) is 0.231. The average molecular weight is 469 g/mol. The third-order valence-corrected chi connectivity index (χ3v) is 5.57. The van der Waals surface area contributed by atoms with E-state index in [9.17, 15) is 14.0 Å². The molecule has 0 aliphatic rings. The number of benzene rings is 3. The first kappa shape index (κ1) is 24.3. The van der Waals surface area contributed by atoms with Crippen LogP contribution < -0.4 is 15.4 Å². The first-order valence-corrected chi connectivity index (χ1v) is 10.9. The summed E-state index contributed by atoms with van der Waals surface area (Å²) in [6, 6.07) is 19.8. The van der Waals surface area contributed by atoms with Gasteiger partial charge in [-0.15, -0.1) is 0 Å². The summed E-state index contributed by atoms with van der Waals surface area (Å²) < 4.78 is 19.0. The molecule has 5 nitrogen and oxygen atoms in total. The summed E-state index contributed by atoms with van der Waals surface area (Å²) in [5.74, 6) is -1.30. The molecule has 3 aromatic carbocycles. The smallest absolute Gasteiger partial charge is 0.247 e. The van der Waals surface area contributed by atoms with E-state index < -0.39 is 17.8 Å². The Bertz CT molecular complexity index is 1090. The molecule has 2 unspecified atom stereocenters. The van der Waals surface area contributed by atoms with E-state index in [0.717, 1.165) is 11.1 Å². The second-order valence-corrected chi connectivity index (χ2v) is 8.19. The number of carbonyl (C=O) groups excluding carboxylic acids is 2. The molecule has 0 fully saturated rings. The van der Waals surface area contributed by atoms with Gasteiger partial charge in [0.2, 0.25) is 11.8 Å². The van der Waals surface area contributed by atoms with Crippen LogP contribution in [0.5, 0.6) is 5.75 Å². The summed E-state index contributed by atoms with van der Waals surface area (Å²) >= 11 is 5.91. The van der Waals surface area contributed by atoms with Crippen molar-refractivity contribution in [2.75, 3.05) is 7.11 Å². The molecule has 0 aromatic heterocycles. The highest BCUT2D eigenvalue weighted by molar-refractivity contribution is 6.30. The van der Waals surface area contributed by atoms with Crippen LogP contribution in [0.25, 0.3) is 0 Å². The maximum atomic E-state index is 13.9. The monoisotopic (exact) mass is 468 g/mol. The number of methoxy groups -OCH3 is 1. The van der Waals surface area contributed by atoms with Crippen LogP contribution >= 0.6 is 11.6 Å². The Balaban J connectivity index is 1.76. The maximum absolute atomic E-state index is 13.9. The zero-order chi connectivity index (χ0) is 23.8. The number of amides is 2. The Labute approximate surface area is 197 Å². The lowest BCUT2D eigenvalue weighted by Gasteiger charge is -2.21. The summed E-state index contributed by atoms with van der Waals surface area (Å²) in [5, 5.41) is 6.23. The number of ether oxygens (including phenoxy) is 1. The molecule has 0 heterocycles. The van der Waals surface area contributed by atoms with Gasteiger partial charge in [0.25, 0.3) is 0 Å². The van der Waals surface area contributed by atoms with Crippen LogP contribution in [0, 0.1) is 5.82 Å². The van der Waals surface area contributed by atoms with Gasteiger partial charge < -0.3 is 15.4 Å². The van der Waals surface area contributed by atoms with E-state index in [1.165, 1.54) is 25.3 Å². The van der Waals surface area contributed by atoms with Crippen LogP contribution in [0.15, 0.2) is 72.8 Å². The van der Waals surface area contributed by atoms with Crippen molar-refractivity contribution in [2.45, 2.75) is 31.8 Å². The standard InChI is InChI=1S/C26H26ClFN2O3/c1-17(19-6-4-3-5-7-19)14-24(31)30-25(20-10-13-22(28)23(15-20)33-2)26(32)29-16-18-8-11-21(27)12-9-18/h3-13,15,17,25H,14,16H2,1-2H3,(H,29,32)(H,30,31). The first-order chi connectivity index (χ1) is 15.9. The molecule has 2 atom stereocenters. The van der Waals surface area contributed by atoms with E-state index in [-0.39, 0.29) is 30.5 Å². The fourth-order valence-corrected chi connectivity index (χ4v) is 3.57. The van der Waals surface area contributed by atoms with Crippen molar-refractivity contribution in [2.24, 2.45) is 0 Å². The number of halogens is 2. The van der Waals surface area contributed by atoms with Crippen molar-refractivity contribution >= 4 is 23.4 Å². The summed E-state index contributed by atoms with van der Waals surface area (Å²) in [6.07, 6.45) is 0.198.